The fraction of sp³-hybridized carbons (Fsp3) is 0.529. The molecule has 6 heteroatoms. The predicted molar refractivity (Wildman–Crippen MR) is 88.3 cm³/mol. The van der Waals surface area contributed by atoms with Gasteiger partial charge in [0.2, 0.25) is 11.7 Å². The van der Waals surface area contributed by atoms with Crippen LogP contribution in [0.1, 0.15) is 19.7 Å². The summed E-state index contributed by atoms with van der Waals surface area (Å²) in [5.74, 6) is 1.99. The molecule has 124 valence electrons. The fourth-order valence-electron chi connectivity index (χ4n) is 2.89. The maximum Gasteiger partial charge on any atom is 0.241 e. The van der Waals surface area contributed by atoms with Crippen molar-refractivity contribution in [3.8, 4) is 17.1 Å². The normalized spacial score (nSPS) is 16.9. The van der Waals surface area contributed by atoms with E-state index in [1.54, 1.807) is 7.11 Å². The van der Waals surface area contributed by atoms with Crippen LogP contribution in [0.5, 0.6) is 5.75 Å². The highest BCUT2D eigenvalue weighted by atomic mass is 16.5. The molecule has 1 aliphatic heterocycles. The van der Waals surface area contributed by atoms with Crippen molar-refractivity contribution in [1.29, 1.82) is 0 Å². The van der Waals surface area contributed by atoms with Crippen LogP contribution in [0.4, 0.5) is 0 Å². The molecule has 0 unspecified atom stereocenters. The van der Waals surface area contributed by atoms with E-state index in [0.717, 1.165) is 37.5 Å². The SMILES string of the molecule is COc1ccccc1-c1noc(CN2CCN(C(C)C)CC2)n1. The Bertz CT molecular complexity index is 633. The van der Waals surface area contributed by atoms with Gasteiger partial charge in [-0.2, -0.15) is 4.98 Å². The molecule has 0 radical (unpaired) electrons. The second kappa shape index (κ2) is 7.10. The number of ether oxygens (including phenoxy) is 1. The van der Waals surface area contributed by atoms with Crippen LogP contribution in [0, 0.1) is 0 Å². The van der Waals surface area contributed by atoms with Crippen molar-refractivity contribution < 1.29 is 9.26 Å². The first-order chi connectivity index (χ1) is 11.2. The zero-order valence-corrected chi connectivity index (χ0v) is 14.0. The topological polar surface area (TPSA) is 54.6 Å². The van der Waals surface area contributed by atoms with Crippen molar-refractivity contribution >= 4 is 0 Å². The molecule has 6 nitrogen and oxygen atoms in total. The van der Waals surface area contributed by atoms with E-state index in [1.165, 1.54) is 0 Å². The van der Waals surface area contributed by atoms with E-state index in [1.807, 2.05) is 24.3 Å². The average molecular weight is 316 g/mol. The Morgan fingerprint density at radius 1 is 1.17 bits per heavy atom. The summed E-state index contributed by atoms with van der Waals surface area (Å²) in [6.45, 7) is 9.43. The van der Waals surface area contributed by atoms with E-state index in [9.17, 15) is 0 Å². The lowest BCUT2D eigenvalue weighted by atomic mass is 10.2. The number of methoxy groups -OCH3 is 1. The van der Waals surface area contributed by atoms with E-state index in [0.29, 0.717) is 24.3 Å². The Morgan fingerprint density at radius 3 is 2.61 bits per heavy atom. The predicted octanol–water partition coefficient (Wildman–Crippen LogP) is 2.27. The number of aromatic nitrogens is 2. The van der Waals surface area contributed by atoms with Crippen LogP contribution >= 0.6 is 0 Å². The van der Waals surface area contributed by atoms with Gasteiger partial charge in [0, 0.05) is 32.2 Å². The lowest BCUT2D eigenvalue weighted by Crippen LogP contribution is -2.48. The van der Waals surface area contributed by atoms with Gasteiger partial charge in [0.05, 0.1) is 19.2 Å². The molecule has 0 spiro atoms. The van der Waals surface area contributed by atoms with Crippen LogP contribution in [0.3, 0.4) is 0 Å². The number of piperazine rings is 1. The molecule has 0 amide bonds. The van der Waals surface area contributed by atoms with Crippen LogP contribution in [0.15, 0.2) is 28.8 Å². The Kier molecular flexibility index (Phi) is 4.93. The molecule has 2 heterocycles. The zero-order chi connectivity index (χ0) is 16.2. The first kappa shape index (κ1) is 16.0. The van der Waals surface area contributed by atoms with Crippen molar-refractivity contribution in [2.24, 2.45) is 0 Å². The maximum atomic E-state index is 5.42. The van der Waals surface area contributed by atoms with Gasteiger partial charge in [-0.25, -0.2) is 0 Å². The molecule has 0 bridgehead atoms. The van der Waals surface area contributed by atoms with Crippen LogP contribution in [-0.4, -0.2) is 59.3 Å². The van der Waals surface area contributed by atoms with Crippen molar-refractivity contribution in [3.63, 3.8) is 0 Å². The molecule has 23 heavy (non-hydrogen) atoms. The minimum atomic E-state index is 0.582. The van der Waals surface area contributed by atoms with Gasteiger partial charge < -0.3 is 9.26 Å². The number of para-hydroxylation sites is 1. The first-order valence-electron chi connectivity index (χ1n) is 8.09. The van der Waals surface area contributed by atoms with Gasteiger partial charge in [-0.1, -0.05) is 17.3 Å². The molecule has 1 fully saturated rings. The number of benzene rings is 1. The smallest absolute Gasteiger partial charge is 0.241 e. The number of hydrogen-bond donors (Lipinski definition) is 0. The monoisotopic (exact) mass is 316 g/mol. The molecule has 1 aliphatic rings. The molecular weight excluding hydrogens is 292 g/mol. The summed E-state index contributed by atoms with van der Waals surface area (Å²) in [5, 5.41) is 4.10. The quantitative estimate of drug-likeness (QED) is 0.843. The molecule has 1 aromatic heterocycles. The molecule has 3 rings (SSSR count). The number of rotatable bonds is 5. The Labute approximate surface area is 137 Å². The van der Waals surface area contributed by atoms with E-state index in [-0.39, 0.29) is 0 Å². The third-order valence-electron chi connectivity index (χ3n) is 4.31. The van der Waals surface area contributed by atoms with Crippen molar-refractivity contribution in [1.82, 2.24) is 19.9 Å². The molecule has 0 atom stereocenters. The number of hydrogen-bond acceptors (Lipinski definition) is 6. The summed E-state index contributed by atoms with van der Waals surface area (Å²) < 4.78 is 10.8. The molecule has 0 N–H and O–H groups in total. The molecule has 2 aromatic rings. The summed E-state index contributed by atoms with van der Waals surface area (Å²) in [7, 11) is 1.65. The van der Waals surface area contributed by atoms with Gasteiger partial charge in [-0.15, -0.1) is 0 Å². The van der Waals surface area contributed by atoms with Crippen LogP contribution in [0.25, 0.3) is 11.4 Å². The molecule has 1 aromatic carbocycles. The van der Waals surface area contributed by atoms with Crippen LogP contribution < -0.4 is 4.74 Å². The standard InChI is InChI=1S/C17H24N4O2/c1-13(2)21-10-8-20(9-11-21)12-16-18-17(19-23-16)14-6-4-5-7-15(14)22-3/h4-7,13H,8-12H2,1-3H3. The number of nitrogens with zero attached hydrogens (tertiary/aromatic N) is 4. The average Bonchev–Trinajstić information content (AvgIpc) is 3.03. The summed E-state index contributed by atoms with van der Waals surface area (Å²) in [4.78, 5) is 9.37. The maximum absolute atomic E-state index is 5.42. The summed E-state index contributed by atoms with van der Waals surface area (Å²) in [5.41, 5.74) is 0.856. The molecule has 1 saturated heterocycles. The van der Waals surface area contributed by atoms with Gasteiger partial charge in [0.1, 0.15) is 5.75 Å². The highest BCUT2D eigenvalue weighted by Crippen LogP contribution is 2.27. The third kappa shape index (κ3) is 3.71. The fourth-order valence-corrected chi connectivity index (χ4v) is 2.89. The largest absolute Gasteiger partial charge is 0.496 e. The minimum Gasteiger partial charge on any atom is -0.496 e. The van der Waals surface area contributed by atoms with E-state index in [4.69, 9.17) is 9.26 Å². The first-order valence-corrected chi connectivity index (χ1v) is 8.09. The molecular formula is C17H24N4O2. The zero-order valence-electron chi connectivity index (χ0n) is 14.0. The highest BCUT2D eigenvalue weighted by Gasteiger charge is 2.21. The third-order valence-corrected chi connectivity index (χ3v) is 4.31. The summed E-state index contributed by atoms with van der Waals surface area (Å²) >= 11 is 0. The van der Waals surface area contributed by atoms with Crippen LogP contribution in [0.2, 0.25) is 0 Å². The van der Waals surface area contributed by atoms with Crippen molar-refractivity contribution in [2.75, 3.05) is 33.3 Å². The van der Waals surface area contributed by atoms with Gasteiger partial charge >= 0.3 is 0 Å². The summed E-state index contributed by atoms with van der Waals surface area (Å²) in [6.07, 6.45) is 0. The lowest BCUT2D eigenvalue weighted by Gasteiger charge is -2.36. The van der Waals surface area contributed by atoms with E-state index >= 15 is 0 Å². The molecule has 0 saturated carbocycles. The Balaban J connectivity index is 1.64. The second-order valence-corrected chi connectivity index (χ2v) is 6.12. The van der Waals surface area contributed by atoms with Gasteiger partial charge in [-0.3, -0.25) is 9.80 Å². The van der Waals surface area contributed by atoms with Crippen molar-refractivity contribution in [3.05, 3.63) is 30.2 Å². The van der Waals surface area contributed by atoms with Gasteiger partial charge in [0.15, 0.2) is 0 Å². The van der Waals surface area contributed by atoms with Gasteiger partial charge in [-0.05, 0) is 26.0 Å². The van der Waals surface area contributed by atoms with Crippen LogP contribution in [-0.2, 0) is 6.54 Å². The van der Waals surface area contributed by atoms with Gasteiger partial charge in [0.25, 0.3) is 0 Å². The minimum absolute atomic E-state index is 0.582. The summed E-state index contributed by atoms with van der Waals surface area (Å²) in [6, 6.07) is 8.32. The molecule has 0 aliphatic carbocycles. The van der Waals surface area contributed by atoms with Crippen molar-refractivity contribution in [2.45, 2.75) is 26.4 Å². The van der Waals surface area contributed by atoms with E-state index < -0.39 is 0 Å². The Hall–Kier alpha value is -1.92. The second-order valence-electron chi connectivity index (χ2n) is 6.12. The van der Waals surface area contributed by atoms with E-state index in [2.05, 4.69) is 33.8 Å². The lowest BCUT2D eigenvalue weighted by molar-refractivity contribution is 0.0960. The Morgan fingerprint density at radius 2 is 1.91 bits per heavy atom. The highest BCUT2D eigenvalue weighted by molar-refractivity contribution is 5.63.